The summed E-state index contributed by atoms with van der Waals surface area (Å²) in [5.74, 6) is -1.25. The first-order valence-electron chi connectivity index (χ1n) is 12.7. The lowest BCUT2D eigenvalue weighted by Gasteiger charge is -2.62. The van der Waals surface area contributed by atoms with Crippen molar-refractivity contribution < 1.29 is 28.7 Å². The van der Waals surface area contributed by atoms with E-state index in [-0.39, 0.29) is 41.8 Å². The predicted molar refractivity (Wildman–Crippen MR) is 127 cm³/mol. The van der Waals surface area contributed by atoms with Crippen LogP contribution >= 0.6 is 11.6 Å². The number of Topliss-reactive ketones (excluding diaryl/α,β-unsaturated/α-hetero) is 1. The third kappa shape index (κ3) is 2.87. The summed E-state index contributed by atoms with van der Waals surface area (Å²) in [4.78, 5) is 32.2. The van der Waals surface area contributed by atoms with E-state index in [1.54, 1.807) is 18.4 Å². The van der Waals surface area contributed by atoms with Gasteiger partial charge in [-0.25, -0.2) is 4.39 Å². The van der Waals surface area contributed by atoms with Crippen LogP contribution in [-0.4, -0.2) is 64.2 Å². The van der Waals surface area contributed by atoms with Crippen molar-refractivity contribution in [3.8, 4) is 0 Å². The minimum atomic E-state index is -1.93. The first kappa shape index (κ1) is 23.8. The topological polar surface area (TPSA) is 76.1 Å². The van der Waals surface area contributed by atoms with Gasteiger partial charge in [-0.15, -0.1) is 11.6 Å². The Morgan fingerprint density at radius 3 is 2.86 bits per heavy atom. The molecule has 1 N–H and O–H groups in total. The lowest BCUT2D eigenvalue weighted by molar-refractivity contribution is -0.267. The average Bonchev–Trinajstić information content (AvgIpc) is 3.51. The Balaban J connectivity index is 1.38. The Morgan fingerprint density at radius 1 is 1.34 bits per heavy atom. The third-order valence-electron chi connectivity index (χ3n) is 10.4. The van der Waals surface area contributed by atoms with Gasteiger partial charge in [-0.3, -0.25) is 14.4 Å². The molecule has 2 heterocycles. The maximum atomic E-state index is 17.4. The number of alkyl halides is 2. The summed E-state index contributed by atoms with van der Waals surface area (Å²) in [5, 5.41) is 13.4. The fourth-order valence-electron chi connectivity index (χ4n) is 8.81. The molecule has 0 aromatic rings. The number of rotatable bonds is 4. The molecule has 3 saturated carbocycles. The molecule has 9 atom stereocenters. The maximum Gasteiger partial charge on any atom is 0.182 e. The number of fused-ring (bicyclic) bond motifs is 7. The van der Waals surface area contributed by atoms with E-state index >= 15 is 4.39 Å². The molecule has 35 heavy (non-hydrogen) atoms. The van der Waals surface area contributed by atoms with Crippen LogP contribution in [0, 0.1) is 28.6 Å². The maximum absolute atomic E-state index is 17.4. The number of hydroxylamine groups is 2. The minimum Gasteiger partial charge on any atom is -0.497 e. The second-order valence-electron chi connectivity index (χ2n) is 11.8. The van der Waals surface area contributed by atoms with Crippen molar-refractivity contribution in [3.63, 3.8) is 0 Å². The molecule has 0 spiro atoms. The Labute approximate surface area is 210 Å². The second kappa shape index (κ2) is 7.73. The van der Waals surface area contributed by atoms with E-state index in [2.05, 4.69) is 0 Å². The molecule has 0 aromatic carbocycles. The normalized spacial score (nSPS) is 50.3. The van der Waals surface area contributed by atoms with Crippen molar-refractivity contribution in [3.05, 3.63) is 36.1 Å². The van der Waals surface area contributed by atoms with Crippen molar-refractivity contribution in [1.82, 2.24) is 5.06 Å². The Hall–Kier alpha value is -1.54. The molecule has 6 nitrogen and oxygen atoms in total. The van der Waals surface area contributed by atoms with Crippen LogP contribution < -0.4 is 0 Å². The summed E-state index contributed by atoms with van der Waals surface area (Å²) in [6.07, 6.45) is 9.61. The van der Waals surface area contributed by atoms with E-state index < -0.39 is 34.1 Å². The van der Waals surface area contributed by atoms with Gasteiger partial charge in [0.1, 0.15) is 6.10 Å². The van der Waals surface area contributed by atoms with Crippen LogP contribution in [0.15, 0.2) is 36.1 Å². The second-order valence-corrected chi connectivity index (χ2v) is 12.1. The van der Waals surface area contributed by atoms with E-state index in [4.69, 9.17) is 21.2 Å². The van der Waals surface area contributed by atoms with Gasteiger partial charge >= 0.3 is 0 Å². The van der Waals surface area contributed by atoms with Crippen LogP contribution in [0.5, 0.6) is 0 Å². The summed E-state index contributed by atoms with van der Waals surface area (Å²) in [5.41, 5.74) is -4.18. The van der Waals surface area contributed by atoms with E-state index in [0.29, 0.717) is 32.4 Å². The smallest absolute Gasteiger partial charge is 0.182 e. The molecule has 1 saturated heterocycles. The molecule has 6 rings (SSSR count). The van der Waals surface area contributed by atoms with Crippen LogP contribution in [0.3, 0.4) is 0 Å². The number of aliphatic hydroxyl groups excluding tert-OH is 1. The fourth-order valence-corrected chi connectivity index (χ4v) is 9.01. The summed E-state index contributed by atoms with van der Waals surface area (Å²) in [7, 11) is 0. The van der Waals surface area contributed by atoms with Crippen LogP contribution in [0.25, 0.3) is 0 Å². The molecule has 0 radical (unpaired) electrons. The molecule has 2 aliphatic heterocycles. The highest BCUT2D eigenvalue weighted by atomic mass is 35.5. The number of halogens is 2. The first-order chi connectivity index (χ1) is 16.6. The van der Waals surface area contributed by atoms with Gasteiger partial charge < -0.3 is 9.84 Å². The molecule has 0 aromatic heterocycles. The lowest BCUT2D eigenvalue weighted by Crippen LogP contribution is -2.69. The zero-order chi connectivity index (χ0) is 24.8. The lowest BCUT2D eigenvalue weighted by atomic mass is 9.44. The van der Waals surface area contributed by atoms with Gasteiger partial charge in [0.2, 0.25) is 0 Å². The first-order valence-corrected chi connectivity index (χ1v) is 13.3. The van der Waals surface area contributed by atoms with Gasteiger partial charge in [0.05, 0.1) is 24.8 Å². The van der Waals surface area contributed by atoms with E-state index in [0.717, 1.165) is 12.0 Å². The number of hydrogen-bond donors (Lipinski definition) is 1. The largest absolute Gasteiger partial charge is 0.497 e. The van der Waals surface area contributed by atoms with Crippen molar-refractivity contribution in [2.75, 3.05) is 19.0 Å². The zero-order valence-corrected chi connectivity index (χ0v) is 21.0. The van der Waals surface area contributed by atoms with Crippen LogP contribution in [0.1, 0.15) is 46.0 Å². The quantitative estimate of drug-likeness (QED) is 0.587. The molecule has 0 amide bonds. The van der Waals surface area contributed by atoms with Crippen LogP contribution in [-0.2, 0) is 19.2 Å². The molecule has 0 bridgehead atoms. The number of carbonyl (C=O) groups is 2. The van der Waals surface area contributed by atoms with Crippen LogP contribution in [0.2, 0.25) is 0 Å². The molecule has 1 unspecified atom stereocenters. The Bertz CT molecular complexity index is 1050. The van der Waals surface area contributed by atoms with Gasteiger partial charge in [-0.05, 0) is 56.8 Å². The molecule has 4 aliphatic carbocycles. The SMILES string of the molecule is C[C@]12C=CC(=O)C=C1CC[C@H]1[C@@H]3C[C@H]4CN(CC5CC=CO5)O[C@@]4(C(=O)CCl)[C@@]3(C)C[C@H](O)[C@@]12F. The molecular formula is C27H33ClFNO5. The minimum absolute atomic E-state index is 0.0275. The molecule has 190 valence electrons. The molecule has 4 fully saturated rings. The standard InChI is InChI=1S/C27H33ClFNO5/c1-24-8-7-18(31)10-16(24)5-6-20-21-11-17-14-30(15-19-4-3-9-34-19)35-27(17,23(33)13-28)25(21,2)12-22(32)26(20,24)29/h3,7-10,17,19-22,32H,4-6,11-15H2,1-2H3/t17-,19?,20-,21-,22-,24-,25-,26-,27-/m0/s1. The number of nitrogens with zero attached hydrogens (tertiary/aromatic N) is 1. The van der Waals surface area contributed by atoms with Gasteiger partial charge in [-0.1, -0.05) is 18.6 Å². The summed E-state index contributed by atoms with van der Waals surface area (Å²) in [6, 6.07) is 0. The van der Waals surface area contributed by atoms with Crippen molar-refractivity contribution in [2.45, 2.75) is 69.4 Å². The highest BCUT2D eigenvalue weighted by Crippen LogP contribution is 2.72. The number of allylic oxidation sites excluding steroid dienone is 4. The van der Waals surface area contributed by atoms with E-state index in [1.165, 1.54) is 6.08 Å². The highest BCUT2D eigenvalue weighted by molar-refractivity contribution is 6.29. The predicted octanol–water partition coefficient (Wildman–Crippen LogP) is 3.68. The fraction of sp³-hybridized carbons (Fsp3) is 0.704. The number of ketones is 2. The number of ether oxygens (including phenoxy) is 1. The van der Waals surface area contributed by atoms with Crippen molar-refractivity contribution >= 4 is 23.2 Å². The van der Waals surface area contributed by atoms with Gasteiger partial charge in [0.15, 0.2) is 22.8 Å². The third-order valence-corrected chi connectivity index (χ3v) is 10.6. The molecule has 8 heteroatoms. The van der Waals surface area contributed by atoms with E-state index in [1.807, 2.05) is 25.0 Å². The number of aliphatic hydroxyl groups is 1. The van der Waals surface area contributed by atoms with Gasteiger partial charge in [0, 0.05) is 35.6 Å². The Morgan fingerprint density at radius 2 is 2.14 bits per heavy atom. The van der Waals surface area contributed by atoms with Crippen molar-refractivity contribution in [1.29, 1.82) is 0 Å². The Kier molecular flexibility index (Phi) is 5.27. The molecule has 6 aliphatic rings. The summed E-state index contributed by atoms with van der Waals surface area (Å²) >= 11 is 6.16. The van der Waals surface area contributed by atoms with Gasteiger partial charge in [0.25, 0.3) is 0 Å². The summed E-state index contributed by atoms with van der Waals surface area (Å²) in [6.45, 7) is 4.89. The summed E-state index contributed by atoms with van der Waals surface area (Å²) < 4.78 is 23.0. The number of hydrogen-bond acceptors (Lipinski definition) is 6. The van der Waals surface area contributed by atoms with Crippen LogP contribution in [0.4, 0.5) is 4.39 Å². The van der Waals surface area contributed by atoms with E-state index in [9.17, 15) is 14.7 Å². The van der Waals surface area contributed by atoms with Gasteiger partial charge in [-0.2, -0.15) is 5.06 Å². The zero-order valence-electron chi connectivity index (χ0n) is 20.2. The monoisotopic (exact) mass is 505 g/mol. The molecular weight excluding hydrogens is 473 g/mol. The van der Waals surface area contributed by atoms with Crippen molar-refractivity contribution in [2.24, 2.45) is 28.6 Å². The number of carbonyl (C=O) groups excluding carboxylic acids is 2. The average molecular weight is 506 g/mol. The highest BCUT2D eigenvalue weighted by Gasteiger charge is 2.78.